The molecular weight excluding hydrogens is 1410 g/mol. The molecule has 112 heavy (non-hydrogen) atoms. The van der Waals surface area contributed by atoms with E-state index in [0.29, 0.717) is 98.3 Å². The summed E-state index contributed by atoms with van der Waals surface area (Å²) in [6.07, 6.45) is 15.6. The van der Waals surface area contributed by atoms with Crippen molar-refractivity contribution in [2.24, 2.45) is 0 Å². The van der Waals surface area contributed by atoms with E-state index < -0.39 is 11.6 Å². The van der Waals surface area contributed by atoms with Crippen LogP contribution in [0.5, 0.6) is 0 Å². The van der Waals surface area contributed by atoms with E-state index in [9.17, 15) is 14.7 Å². The topological polar surface area (TPSA) is 275 Å². The number of aliphatic hydroxyl groups excluding tert-OH is 1. The van der Waals surface area contributed by atoms with Crippen LogP contribution in [0, 0.1) is 18.6 Å². The van der Waals surface area contributed by atoms with Gasteiger partial charge in [-0.3, -0.25) is 32.6 Å². The molecule has 9 aromatic heterocycles. The highest BCUT2D eigenvalue weighted by molar-refractivity contribution is 5.96. The maximum atomic E-state index is 16.2. The predicted octanol–water partition coefficient (Wildman–Crippen LogP) is 14.2. The molecule has 0 spiro atoms. The molecule has 15 aromatic rings. The first kappa shape index (κ1) is 71.1. The molecule has 0 atom stereocenters. The number of fused-ring (bicyclic) bond motifs is 6. The lowest BCUT2D eigenvalue weighted by Gasteiger charge is -2.46. The maximum Gasteiger partial charge on any atom is 0.219 e. The van der Waals surface area contributed by atoms with E-state index in [0.717, 1.165) is 151 Å². The van der Waals surface area contributed by atoms with E-state index >= 15 is 8.78 Å². The van der Waals surface area contributed by atoms with Crippen LogP contribution in [0.1, 0.15) is 93.2 Å². The van der Waals surface area contributed by atoms with Gasteiger partial charge in [0.15, 0.2) is 11.6 Å². The van der Waals surface area contributed by atoms with Crippen LogP contribution in [0.25, 0.3) is 117 Å². The molecule has 5 aliphatic rings. The molecule has 3 saturated carbocycles. The van der Waals surface area contributed by atoms with E-state index in [-0.39, 0.29) is 41.1 Å². The summed E-state index contributed by atoms with van der Waals surface area (Å²) in [4.78, 5) is 74.5. The molecule has 0 radical (unpaired) electrons. The summed E-state index contributed by atoms with van der Waals surface area (Å²) in [6, 6.07) is 54.0. The molecule has 5 fully saturated rings. The van der Waals surface area contributed by atoms with Crippen LogP contribution in [-0.4, -0.2) is 165 Å². The van der Waals surface area contributed by atoms with Crippen LogP contribution >= 0.6 is 0 Å². The number of aromatic nitrogens is 12. The number of amides is 2. The van der Waals surface area contributed by atoms with E-state index in [1.165, 1.54) is 5.56 Å². The highest BCUT2D eigenvalue weighted by atomic mass is 19.1. The fraction of sp³-hybridized carbons (Fsp3) is 0.261. The van der Waals surface area contributed by atoms with Gasteiger partial charge in [-0.1, -0.05) is 127 Å². The van der Waals surface area contributed by atoms with E-state index in [1.54, 1.807) is 50.8 Å². The predicted molar refractivity (Wildman–Crippen MR) is 433 cm³/mol. The van der Waals surface area contributed by atoms with Crippen molar-refractivity contribution in [3.8, 4) is 67.5 Å². The monoisotopic (exact) mass is 1490 g/mol. The van der Waals surface area contributed by atoms with Crippen molar-refractivity contribution < 1.29 is 23.5 Å². The van der Waals surface area contributed by atoms with Crippen molar-refractivity contribution in [1.82, 2.24) is 77.7 Å². The minimum absolute atomic E-state index is 0.0966. The Morgan fingerprint density at radius 3 is 1.21 bits per heavy atom. The Kier molecular flexibility index (Phi) is 18.7. The number of carbonyl (C=O) groups is 2. The Morgan fingerprint density at radius 2 is 0.804 bits per heavy atom. The molecule has 7 N–H and O–H groups in total. The Labute approximate surface area is 644 Å². The van der Waals surface area contributed by atoms with Crippen molar-refractivity contribution in [3.63, 3.8) is 0 Å². The van der Waals surface area contributed by atoms with Gasteiger partial charge in [0.05, 0.1) is 28.7 Å². The SMILES string of the molecule is CC(=O)N1CCN(C2CC(c3nc(-c4ccc5c(C)cc(-c6ccccc6)nc5c4)c4c(N)nccn34)C2)CC1.CC(=O)N1CCN(C2CC(c3nc(-c4ccc5ccc(-c6ccccc6)nc5c4F)c4c(N)nccn34)C2)CC1.Nc1nccn2c(C3CC(O)C3)nc(-c3ccc4ccc(-c5ccccc5)nc4c3F)c12. The third kappa shape index (κ3) is 13.2. The highest BCUT2D eigenvalue weighted by Crippen LogP contribution is 2.46. The number of aryl methyl sites for hydroxylation is 1. The van der Waals surface area contributed by atoms with Crippen LogP contribution in [0.4, 0.5) is 26.2 Å². The van der Waals surface area contributed by atoms with Gasteiger partial charge >= 0.3 is 0 Å². The van der Waals surface area contributed by atoms with Crippen molar-refractivity contribution >= 4 is 78.5 Å². The van der Waals surface area contributed by atoms with Gasteiger partial charge in [0.1, 0.15) is 79.6 Å². The van der Waals surface area contributed by atoms with Gasteiger partial charge < -0.3 is 32.1 Å². The smallest absolute Gasteiger partial charge is 0.219 e. The molecular formula is C88H83F2N19O3. The molecule has 6 aromatic carbocycles. The normalized spacial score (nSPS) is 19.3. The summed E-state index contributed by atoms with van der Waals surface area (Å²) in [7, 11) is 0. The number of rotatable bonds is 11. The summed E-state index contributed by atoms with van der Waals surface area (Å²) >= 11 is 0. The average molecular weight is 1490 g/mol. The van der Waals surface area contributed by atoms with Gasteiger partial charge in [-0.05, 0) is 87.4 Å². The number of hydrogen-bond donors (Lipinski definition) is 4. The quantitative estimate of drug-likeness (QED) is 0.0937. The van der Waals surface area contributed by atoms with E-state index in [4.69, 9.17) is 42.1 Å². The molecule has 3 aliphatic carbocycles. The number of carbonyl (C=O) groups excluding carboxylic acids is 2. The van der Waals surface area contributed by atoms with Crippen LogP contribution < -0.4 is 17.2 Å². The fourth-order valence-electron chi connectivity index (χ4n) is 17.0. The number of anilines is 3. The minimum Gasteiger partial charge on any atom is -0.393 e. The van der Waals surface area contributed by atoms with Gasteiger partial charge in [0.2, 0.25) is 11.8 Å². The number of aliphatic hydroxyl groups is 1. The zero-order chi connectivity index (χ0) is 76.6. The molecule has 22 nitrogen and oxygen atoms in total. The van der Waals surface area contributed by atoms with E-state index in [2.05, 4.69) is 77.5 Å². The Hall–Kier alpha value is -12.5. The van der Waals surface area contributed by atoms with Gasteiger partial charge in [0, 0.05) is 183 Å². The van der Waals surface area contributed by atoms with E-state index in [1.807, 2.05) is 146 Å². The van der Waals surface area contributed by atoms with Crippen LogP contribution in [0.3, 0.4) is 0 Å². The second-order valence-corrected chi connectivity index (χ2v) is 30.1. The van der Waals surface area contributed by atoms with Gasteiger partial charge in [-0.2, -0.15) is 0 Å². The van der Waals surface area contributed by atoms with Crippen LogP contribution in [-0.2, 0) is 9.59 Å². The first-order valence-electron chi connectivity index (χ1n) is 38.4. The zero-order valence-electron chi connectivity index (χ0n) is 62.3. The molecule has 24 heteroatoms. The first-order valence-corrected chi connectivity index (χ1v) is 38.4. The first-order chi connectivity index (χ1) is 54.5. The second-order valence-electron chi connectivity index (χ2n) is 30.1. The lowest BCUT2D eigenvalue weighted by molar-refractivity contribution is -0.132. The number of halogens is 2. The Morgan fingerprint density at radius 1 is 0.420 bits per heavy atom. The third-order valence-corrected chi connectivity index (χ3v) is 23.4. The summed E-state index contributed by atoms with van der Waals surface area (Å²) in [5.41, 5.74) is 32.6. The summed E-state index contributed by atoms with van der Waals surface area (Å²) < 4.78 is 38.0. The number of hydrogen-bond acceptors (Lipinski definition) is 17. The van der Waals surface area contributed by atoms with Gasteiger partial charge in [-0.15, -0.1) is 0 Å². The number of benzene rings is 6. The fourth-order valence-corrected chi connectivity index (χ4v) is 17.0. The standard InChI is InChI=1S/C32H33N7O.C31H30FN7O.C25H20FN5O/c1-20-16-27(22-6-4-3-5-7-22)35-28-19-23(8-9-26(20)28)29-30-31(33)34-10-11-39(30)32(36-29)24-17-25(18-24)38-14-12-37(13-15-38)21(2)40;1-19(40)37-13-15-38(16-14-37)23-17-22(18-23)31-36-28(29-30(33)34-11-12-39(29)31)24-9-7-21-8-10-25(35-27(21)26(24)32)20-5-3-2-4-6-20;26-20-18(8-6-15-7-9-19(29-21(15)20)14-4-2-1-3-5-14)22-23-24(27)28-10-11-31(23)25(30-22)16-12-17(32)13-16/h3-11,16,19,24-25H,12-15,17-18H2,1-2H3,(H2,33,34);2-12,22-23H,13-18H2,1H3,(H2,33,34);1-11,16-17,32H,12-13H2,(H2,27,28). The summed E-state index contributed by atoms with van der Waals surface area (Å²) in [5, 5.41) is 12.3. The summed E-state index contributed by atoms with van der Waals surface area (Å²) in [5.74, 6) is 3.89. The van der Waals surface area contributed by atoms with Crippen LogP contribution in [0.2, 0.25) is 0 Å². The number of piperazine rings is 2. The number of nitrogens with two attached hydrogens (primary N) is 3. The van der Waals surface area contributed by atoms with Crippen LogP contribution in [0.15, 0.2) is 201 Å². The van der Waals surface area contributed by atoms with Gasteiger partial charge in [-0.25, -0.2) is 53.6 Å². The average Bonchev–Trinajstić information content (AvgIpc) is 1.59. The molecule has 562 valence electrons. The zero-order valence-corrected chi connectivity index (χ0v) is 62.3. The number of nitrogen functional groups attached to an aromatic ring is 3. The molecule has 2 saturated heterocycles. The molecule has 0 unspecified atom stereocenters. The van der Waals surface area contributed by atoms with Crippen molar-refractivity contribution in [1.29, 1.82) is 0 Å². The molecule has 11 heterocycles. The summed E-state index contributed by atoms with van der Waals surface area (Å²) in [6.45, 7) is 12.3. The Balaban J connectivity index is 0.000000118. The third-order valence-electron chi connectivity index (χ3n) is 23.4. The van der Waals surface area contributed by atoms with Crippen molar-refractivity contribution in [2.75, 3.05) is 69.6 Å². The molecule has 2 aliphatic heterocycles. The molecule has 20 rings (SSSR count). The lowest BCUT2D eigenvalue weighted by atomic mass is 9.78. The molecule has 0 bridgehead atoms. The van der Waals surface area contributed by atoms with Crippen molar-refractivity contribution in [2.45, 2.75) is 95.2 Å². The largest absolute Gasteiger partial charge is 0.393 e. The maximum absolute atomic E-state index is 16.2. The number of imidazole rings is 3. The highest BCUT2D eigenvalue weighted by Gasteiger charge is 2.41. The second kappa shape index (κ2) is 29.4. The minimum atomic E-state index is -0.441. The molecule has 2 amide bonds. The number of nitrogens with zero attached hydrogens (tertiary/aromatic N) is 16. The van der Waals surface area contributed by atoms with Gasteiger partial charge in [0.25, 0.3) is 0 Å². The Bertz CT molecular complexity index is 6120. The number of pyridine rings is 3. The van der Waals surface area contributed by atoms with Crippen molar-refractivity contribution in [3.05, 3.63) is 236 Å². The lowest BCUT2D eigenvalue weighted by Crippen LogP contribution is -2.54.